The van der Waals surface area contributed by atoms with Crippen LogP contribution >= 0.6 is 0 Å². The van der Waals surface area contributed by atoms with Crippen LogP contribution in [0.4, 0.5) is 5.69 Å². The van der Waals surface area contributed by atoms with Gasteiger partial charge in [0.05, 0.1) is 12.8 Å². The maximum atomic E-state index is 5.67. The van der Waals surface area contributed by atoms with Crippen molar-refractivity contribution in [1.29, 1.82) is 0 Å². The minimum absolute atomic E-state index is 0.404. The molecule has 82 valence electrons. The zero-order valence-electron chi connectivity index (χ0n) is 9.37. The van der Waals surface area contributed by atoms with E-state index in [1.54, 1.807) is 7.11 Å². The molecule has 1 aromatic rings. The van der Waals surface area contributed by atoms with E-state index in [1.807, 2.05) is 32.0 Å². The van der Waals surface area contributed by atoms with Gasteiger partial charge in [-0.3, -0.25) is 4.99 Å². The number of ether oxygens (including phenoxy) is 1. The van der Waals surface area contributed by atoms with Crippen LogP contribution in [0, 0.1) is 6.92 Å². The Morgan fingerprint density at radius 2 is 2.27 bits per heavy atom. The fourth-order valence-corrected chi connectivity index (χ4v) is 1.27. The van der Waals surface area contributed by atoms with Gasteiger partial charge in [0.15, 0.2) is 5.96 Å². The Bertz CT molecular complexity index is 361. The Hall–Kier alpha value is -1.71. The Balaban J connectivity index is 2.92. The second-order valence-electron chi connectivity index (χ2n) is 3.19. The van der Waals surface area contributed by atoms with E-state index >= 15 is 0 Å². The summed E-state index contributed by atoms with van der Waals surface area (Å²) >= 11 is 0. The van der Waals surface area contributed by atoms with Crippen molar-refractivity contribution >= 4 is 11.6 Å². The highest BCUT2D eigenvalue weighted by atomic mass is 16.5. The van der Waals surface area contributed by atoms with E-state index in [2.05, 4.69) is 10.3 Å². The molecule has 1 rings (SSSR count). The number of nitrogens with two attached hydrogens (primary N) is 1. The van der Waals surface area contributed by atoms with Crippen LogP contribution < -0.4 is 15.8 Å². The van der Waals surface area contributed by atoms with Gasteiger partial charge in [0.2, 0.25) is 0 Å². The Labute approximate surface area is 90.2 Å². The highest BCUT2D eigenvalue weighted by Gasteiger charge is 2.03. The Morgan fingerprint density at radius 3 is 2.87 bits per heavy atom. The number of nitrogens with one attached hydrogen (secondary N) is 1. The lowest BCUT2D eigenvalue weighted by atomic mass is 10.2. The van der Waals surface area contributed by atoms with E-state index in [9.17, 15) is 0 Å². The zero-order valence-corrected chi connectivity index (χ0v) is 9.37. The molecule has 0 radical (unpaired) electrons. The second kappa shape index (κ2) is 5.24. The first-order valence-corrected chi connectivity index (χ1v) is 4.89. The molecule has 0 heterocycles. The van der Waals surface area contributed by atoms with Crippen molar-refractivity contribution in [2.75, 3.05) is 19.0 Å². The van der Waals surface area contributed by atoms with Gasteiger partial charge in [-0.15, -0.1) is 0 Å². The number of hydrogen-bond donors (Lipinski definition) is 2. The number of rotatable bonds is 3. The summed E-state index contributed by atoms with van der Waals surface area (Å²) in [4.78, 5) is 4.05. The Kier molecular flexibility index (Phi) is 3.97. The normalized spacial score (nSPS) is 11.3. The van der Waals surface area contributed by atoms with Crippen LogP contribution in [0.1, 0.15) is 12.5 Å². The summed E-state index contributed by atoms with van der Waals surface area (Å²) in [6.45, 7) is 4.60. The average Bonchev–Trinajstić information content (AvgIpc) is 2.18. The van der Waals surface area contributed by atoms with Crippen molar-refractivity contribution in [2.45, 2.75) is 13.8 Å². The van der Waals surface area contributed by atoms with Crippen LogP contribution in [-0.2, 0) is 0 Å². The van der Waals surface area contributed by atoms with Gasteiger partial charge in [-0.05, 0) is 31.5 Å². The van der Waals surface area contributed by atoms with E-state index in [4.69, 9.17) is 10.5 Å². The molecule has 4 heteroatoms. The molecular formula is C11H17N3O. The molecule has 0 aliphatic carbocycles. The molecule has 0 amide bonds. The summed E-state index contributed by atoms with van der Waals surface area (Å²) in [6.07, 6.45) is 0. The van der Waals surface area contributed by atoms with Crippen LogP contribution in [0.15, 0.2) is 23.2 Å². The zero-order chi connectivity index (χ0) is 11.3. The lowest BCUT2D eigenvalue weighted by Crippen LogP contribution is -2.23. The summed E-state index contributed by atoms with van der Waals surface area (Å²) < 4.78 is 5.21. The highest BCUT2D eigenvalue weighted by Crippen LogP contribution is 2.24. The molecule has 4 nitrogen and oxygen atoms in total. The number of benzene rings is 1. The second-order valence-corrected chi connectivity index (χ2v) is 3.19. The fourth-order valence-electron chi connectivity index (χ4n) is 1.27. The van der Waals surface area contributed by atoms with E-state index in [0.29, 0.717) is 12.5 Å². The summed E-state index contributed by atoms with van der Waals surface area (Å²) in [5, 5.41) is 3.01. The quantitative estimate of drug-likeness (QED) is 0.586. The first-order chi connectivity index (χ1) is 7.17. The molecule has 3 N–H and O–H groups in total. The SMILES string of the molecule is CCN=C(N)Nc1cc(C)ccc1OC. The van der Waals surface area contributed by atoms with Crippen molar-refractivity contribution in [2.24, 2.45) is 10.7 Å². The molecule has 1 aromatic carbocycles. The van der Waals surface area contributed by atoms with E-state index < -0.39 is 0 Å². The number of methoxy groups -OCH3 is 1. The van der Waals surface area contributed by atoms with Crippen LogP contribution in [0.25, 0.3) is 0 Å². The van der Waals surface area contributed by atoms with Crippen molar-refractivity contribution < 1.29 is 4.74 Å². The van der Waals surface area contributed by atoms with Crippen LogP contribution in [-0.4, -0.2) is 19.6 Å². The molecular weight excluding hydrogens is 190 g/mol. The predicted octanol–water partition coefficient (Wildman–Crippen LogP) is 1.75. The Morgan fingerprint density at radius 1 is 1.53 bits per heavy atom. The van der Waals surface area contributed by atoms with Gasteiger partial charge < -0.3 is 15.8 Å². The molecule has 0 fully saturated rings. The van der Waals surface area contributed by atoms with Gasteiger partial charge in [-0.1, -0.05) is 6.07 Å². The summed E-state index contributed by atoms with van der Waals surface area (Å²) in [6, 6.07) is 5.85. The van der Waals surface area contributed by atoms with Crippen LogP contribution in [0.3, 0.4) is 0 Å². The number of nitrogens with zero attached hydrogens (tertiary/aromatic N) is 1. The third-order valence-corrected chi connectivity index (χ3v) is 1.95. The van der Waals surface area contributed by atoms with Crippen LogP contribution in [0.5, 0.6) is 5.75 Å². The fraction of sp³-hybridized carbons (Fsp3) is 0.364. The van der Waals surface area contributed by atoms with Gasteiger partial charge in [-0.25, -0.2) is 0 Å². The molecule has 0 saturated heterocycles. The minimum Gasteiger partial charge on any atom is -0.495 e. The first-order valence-electron chi connectivity index (χ1n) is 4.89. The van der Waals surface area contributed by atoms with E-state index in [-0.39, 0.29) is 0 Å². The third-order valence-electron chi connectivity index (χ3n) is 1.95. The van der Waals surface area contributed by atoms with Crippen molar-refractivity contribution in [1.82, 2.24) is 0 Å². The van der Waals surface area contributed by atoms with Gasteiger partial charge in [0.1, 0.15) is 5.75 Å². The van der Waals surface area contributed by atoms with E-state index in [0.717, 1.165) is 17.0 Å². The number of hydrogen-bond acceptors (Lipinski definition) is 2. The number of guanidine groups is 1. The highest BCUT2D eigenvalue weighted by molar-refractivity contribution is 5.93. The smallest absolute Gasteiger partial charge is 0.193 e. The summed E-state index contributed by atoms with van der Waals surface area (Å²) in [5.41, 5.74) is 7.65. The predicted molar refractivity (Wildman–Crippen MR) is 63.5 cm³/mol. The molecule has 0 aliphatic rings. The molecule has 0 atom stereocenters. The largest absolute Gasteiger partial charge is 0.495 e. The molecule has 15 heavy (non-hydrogen) atoms. The average molecular weight is 207 g/mol. The minimum atomic E-state index is 0.404. The standard InChI is InChI=1S/C11H17N3O/c1-4-13-11(12)14-9-7-8(2)5-6-10(9)15-3/h5-7H,4H2,1-3H3,(H3,12,13,14). The molecule has 0 unspecified atom stereocenters. The van der Waals surface area contributed by atoms with Crippen molar-refractivity contribution in [3.05, 3.63) is 23.8 Å². The molecule has 0 saturated carbocycles. The summed E-state index contributed by atoms with van der Waals surface area (Å²) in [7, 11) is 1.63. The lowest BCUT2D eigenvalue weighted by Gasteiger charge is -2.11. The first kappa shape index (κ1) is 11.4. The number of anilines is 1. The van der Waals surface area contributed by atoms with Gasteiger partial charge in [-0.2, -0.15) is 0 Å². The van der Waals surface area contributed by atoms with Gasteiger partial charge in [0.25, 0.3) is 0 Å². The maximum Gasteiger partial charge on any atom is 0.193 e. The van der Waals surface area contributed by atoms with E-state index in [1.165, 1.54) is 0 Å². The lowest BCUT2D eigenvalue weighted by molar-refractivity contribution is 0.417. The molecule has 0 spiro atoms. The van der Waals surface area contributed by atoms with Crippen LogP contribution in [0.2, 0.25) is 0 Å². The monoisotopic (exact) mass is 207 g/mol. The molecule has 0 aliphatic heterocycles. The third kappa shape index (κ3) is 3.16. The number of aryl methyl sites for hydroxylation is 1. The maximum absolute atomic E-state index is 5.67. The molecule has 0 bridgehead atoms. The topological polar surface area (TPSA) is 59.6 Å². The van der Waals surface area contributed by atoms with Crippen molar-refractivity contribution in [3.63, 3.8) is 0 Å². The number of aliphatic imine (C=N–C) groups is 1. The van der Waals surface area contributed by atoms with Crippen molar-refractivity contribution in [3.8, 4) is 5.75 Å². The van der Waals surface area contributed by atoms with Gasteiger partial charge >= 0.3 is 0 Å². The molecule has 0 aromatic heterocycles. The van der Waals surface area contributed by atoms with Gasteiger partial charge in [0, 0.05) is 6.54 Å². The summed E-state index contributed by atoms with van der Waals surface area (Å²) in [5.74, 6) is 1.16.